The van der Waals surface area contributed by atoms with Crippen molar-refractivity contribution in [1.82, 2.24) is 10.9 Å². The van der Waals surface area contributed by atoms with E-state index in [0.717, 1.165) is 18.4 Å². The molecule has 1 aliphatic carbocycles. The maximum Gasteiger partial charge on any atom is 0.280 e. The molecule has 2 atom stereocenters. The Balaban J connectivity index is 1.93. The van der Waals surface area contributed by atoms with E-state index in [2.05, 4.69) is 10.9 Å². The van der Waals surface area contributed by atoms with Crippen LogP contribution in [0.25, 0.3) is 0 Å². The molecule has 0 aromatic carbocycles. The summed E-state index contributed by atoms with van der Waals surface area (Å²) in [6.07, 6.45) is 2.53. The largest absolute Gasteiger partial charge is 0.550 e. The number of hydrogen-bond acceptors (Lipinski definition) is 5. The van der Waals surface area contributed by atoms with Gasteiger partial charge in [-0.15, -0.1) is 11.3 Å². The van der Waals surface area contributed by atoms with E-state index in [1.807, 2.05) is 6.07 Å². The molecule has 1 fully saturated rings. The number of rotatable bonds is 3. The molecule has 0 saturated heterocycles. The summed E-state index contributed by atoms with van der Waals surface area (Å²) in [5, 5.41) is 12.9. The molecule has 114 valence electrons. The third-order valence-electron chi connectivity index (χ3n) is 3.77. The number of carbonyl (C=O) groups is 3. The van der Waals surface area contributed by atoms with Crippen LogP contribution in [0.4, 0.5) is 0 Å². The predicted octanol–water partition coefficient (Wildman–Crippen LogP) is 0.374. The molecule has 1 heterocycles. The van der Waals surface area contributed by atoms with Gasteiger partial charge in [0.2, 0.25) is 5.91 Å². The molecule has 0 unspecified atom stereocenters. The number of aryl methyl sites for hydroxylation is 1. The van der Waals surface area contributed by atoms with Gasteiger partial charge in [0.05, 0.1) is 4.88 Å². The van der Waals surface area contributed by atoms with Crippen molar-refractivity contribution in [2.24, 2.45) is 11.8 Å². The highest BCUT2D eigenvalue weighted by Crippen LogP contribution is 2.29. The number of carboxylic acids is 1. The molecule has 1 saturated carbocycles. The van der Waals surface area contributed by atoms with Gasteiger partial charge in [-0.1, -0.05) is 12.8 Å². The first-order valence-electron chi connectivity index (χ1n) is 6.86. The molecule has 1 aliphatic rings. The predicted molar refractivity (Wildman–Crippen MR) is 75.1 cm³/mol. The van der Waals surface area contributed by atoms with E-state index in [9.17, 15) is 19.5 Å². The van der Waals surface area contributed by atoms with E-state index in [1.165, 1.54) is 11.3 Å². The Labute approximate surface area is 126 Å². The van der Waals surface area contributed by atoms with Crippen LogP contribution in [0.15, 0.2) is 11.4 Å². The molecule has 2 amide bonds. The van der Waals surface area contributed by atoms with Crippen molar-refractivity contribution in [2.45, 2.75) is 32.6 Å². The van der Waals surface area contributed by atoms with Crippen molar-refractivity contribution in [2.75, 3.05) is 0 Å². The van der Waals surface area contributed by atoms with Crippen LogP contribution in [-0.2, 0) is 9.59 Å². The van der Waals surface area contributed by atoms with Crippen LogP contribution >= 0.6 is 11.3 Å². The number of nitrogens with one attached hydrogen (secondary N) is 2. The zero-order chi connectivity index (χ0) is 15.4. The molecule has 0 spiro atoms. The lowest BCUT2D eigenvalue weighted by Gasteiger charge is -2.31. The highest BCUT2D eigenvalue weighted by molar-refractivity contribution is 7.12. The van der Waals surface area contributed by atoms with Crippen molar-refractivity contribution in [3.63, 3.8) is 0 Å². The SMILES string of the molecule is Cc1ccsc1C(=O)NNC(=O)[C@H]1CCCC[C@H]1C(=O)[O-]. The van der Waals surface area contributed by atoms with Crippen LogP contribution in [0.3, 0.4) is 0 Å². The van der Waals surface area contributed by atoms with Crippen molar-refractivity contribution in [1.29, 1.82) is 0 Å². The Morgan fingerprint density at radius 2 is 1.86 bits per heavy atom. The Bertz CT molecular complexity index is 555. The van der Waals surface area contributed by atoms with E-state index in [0.29, 0.717) is 17.7 Å². The topological polar surface area (TPSA) is 98.3 Å². The van der Waals surface area contributed by atoms with Gasteiger partial charge < -0.3 is 9.90 Å². The molecule has 6 nitrogen and oxygen atoms in total. The van der Waals surface area contributed by atoms with Gasteiger partial charge in [0.25, 0.3) is 5.91 Å². The van der Waals surface area contributed by atoms with Gasteiger partial charge in [0.15, 0.2) is 0 Å². The minimum atomic E-state index is -1.20. The Hall–Kier alpha value is -1.89. The molecular weight excluding hydrogens is 292 g/mol. The number of carboxylic acid groups (broad SMARTS) is 1. The van der Waals surface area contributed by atoms with Gasteiger partial charge in [0.1, 0.15) is 0 Å². The first-order valence-corrected chi connectivity index (χ1v) is 7.74. The zero-order valence-corrected chi connectivity index (χ0v) is 12.5. The standard InChI is InChI=1S/C14H18N2O4S/c1-8-6-7-21-11(8)13(18)16-15-12(17)9-4-2-3-5-10(9)14(19)20/h6-7,9-10H,2-5H2,1H3,(H,15,17)(H,16,18)(H,19,20)/p-1/t9-,10+/m0/s1. The summed E-state index contributed by atoms with van der Waals surface area (Å²) in [4.78, 5) is 35.5. The lowest BCUT2D eigenvalue weighted by molar-refractivity contribution is -0.314. The molecule has 21 heavy (non-hydrogen) atoms. The fourth-order valence-corrected chi connectivity index (χ4v) is 3.42. The highest BCUT2D eigenvalue weighted by atomic mass is 32.1. The zero-order valence-electron chi connectivity index (χ0n) is 11.7. The first-order chi connectivity index (χ1) is 10.0. The van der Waals surface area contributed by atoms with Crippen LogP contribution in [0.5, 0.6) is 0 Å². The second-order valence-corrected chi connectivity index (χ2v) is 6.11. The molecule has 2 rings (SSSR count). The third kappa shape index (κ3) is 3.60. The van der Waals surface area contributed by atoms with Crippen LogP contribution in [0.2, 0.25) is 0 Å². The molecule has 2 N–H and O–H groups in total. The van der Waals surface area contributed by atoms with Crippen molar-refractivity contribution < 1.29 is 19.5 Å². The summed E-state index contributed by atoms with van der Waals surface area (Å²) in [7, 11) is 0. The summed E-state index contributed by atoms with van der Waals surface area (Å²) in [5.41, 5.74) is 5.50. The lowest BCUT2D eigenvalue weighted by Crippen LogP contribution is -2.49. The van der Waals surface area contributed by atoms with Crippen molar-refractivity contribution >= 4 is 29.1 Å². The monoisotopic (exact) mass is 309 g/mol. The fourth-order valence-electron chi connectivity index (χ4n) is 2.60. The number of amides is 2. The number of thiophene rings is 1. The number of carbonyl (C=O) groups excluding carboxylic acids is 3. The number of hydrazine groups is 1. The third-order valence-corrected chi connectivity index (χ3v) is 4.79. The summed E-state index contributed by atoms with van der Waals surface area (Å²) >= 11 is 1.28. The average Bonchev–Trinajstić information content (AvgIpc) is 2.90. The number of hydrogen-bond donors (Lipinski definition) is 2. The molecule has 1 aromatic rings. The molecule has 0 bridgehead atoms. The van der Waals surface area contributed by atoms with Gasteiger partial charge in [-0.25, -0.2) is 0 Å². The van der Waals surface area contributed by atoms with Crippen molar-refractivity contribution in [3.8, 4) is 0 Å². The first kappa shape index (κ1) is 15.5. The average molecular weight is 309 g/mol. The maximum absolute atomic E-state index is 12.1. The minimum Gasteiger partial charge on any atom is -0.550 e. The summed E-state index contributed by atoms with van der Waals surface area (Å²) < 4.78 is 0. The minimum absolute atomic E-state index is 0.392. The lowest BCUT2D eigenvalue weighted by atomic mass is 9.79. The van der Waals surface area contributed by atoms with E-state index in [1.54, 1.807) is 12.3 Å². The molecule has 7 heteroatoms. The van der Waals surface area contributed by atoms with Crippen LogP contribution in [0, 0.1) is 18.8 Å². The summed E-state index contributed by atoms with van der Waals surface area (Å²) in [6, 6.07) is 1.81. The van der Waals surface area contributed by atoms with Gasteiger partial charge in [-0.05, 0) is 36.8 Å². The molecule has 1 aromatic heterocycles. The van der Waals surface area contributed by atoms with Gasteiger partial charge in [-0.2, -0.15) is 0 Å². The van der Waals surface area contributed by atoms with Gasteiger partial charge in [-0.3, -0.25) is 20.4 Å². The van der Waals surface area contributed by atoms with E-state index in [4.69, 9.17) is 0 Å². The second-order valence-electron chi connectivity index (χ2n) is 5.19. The van der Waals surface area contributed by atoms with E-state index >= 15 is 0 Å². The molecule has 0 radical (unpaired) electrons. The van der Waals surface area contributed by atoms with E-state index < -0.39 is 29.6 Å². The normalized spacial score (nSPS) is 21.6. The van der Waals surface area contributed by atoms with Gasteiger partial charge in [0, 0.05) is 17.8 Å². The van der Waals surface area contributed by atoms with E-state index in [-0.39, 0.29) is 0 Å². The van der Waals surface area contributed by atoms with Gasteiger partial charge >= 0.3 is 0 Å². The quantitative estimate of drug-likeness (QED) is 0.788. The van der Waals surface area contributed by atoms with Crippen LogP contribution < -0.4 is 16.0 Å². The second kappa shape index (κ2) is 6.71. The van der Waals surface area contributed by atoms with Crippen LogP contribution in [0.1, 0.15) is 40.9 Å². The number of aliphatic carboxylic acids is 1. The summed E-state index contributed by atoms with van der Waals surface area (Å²) in [5.74, 6) is -3.48. The highest BCUT2D eigenvalue weighted by Gasteiger charge is 2.32. The molecular formula is C14H17N2O4S-. The Kier molecular flexibility index (Phi) is 4.95. The Morgan fingerprint density at radius 3 is 2.43 bits per heavy atom. The maximum atomic E-state index is 12.1. The Morgan fingerprint density at radius 1 is 1.19 bits per heavy atom. The molecule has 0 aliphatic heterocycles. The fraction of sp³-hybridized carbons (Fsp3) is 0.500. The summed E-state index contributed by atoms with van der Waals surface area (Å²) in [6.45, 7) is 1.81. The van der Waals surface area contributed by atoms with Crippen molar-refractivity contribution in [3.05, 3.63) is 21.9 Å². The smallest absolute Gasteiger partial charge is 0.280 e. The van der Waals surface area contributed by atoms with Crippen LogP contribution in [-0.4, -0.2) is 17.8 Å².